The Bertz CT molecular complexity index is 816. The molecule has 0 spiro atoms. The van der Waals surface area contributed by atoms with Crippen LogP contribution in [0.4, 0.5) is 0 Å². The van der Waals surface area contributed by atoms with Crippen molar-refractivity contribution in [2.75, 3.05) is 7.11 Å². The Morgan fingerprint density at radius 2 is 2.08 bits per heavy atom. The number of rotatable bonds is 5. The Labute approximate surface area is 145 Å². The molecule has 0 saturated carbocycles. The van der Waals surface area contributed by atoms with Crippen LogP contribution in [0.25, 0.3) is 10.9 Å². The Morgan fingerprint density at radius 1 is 1.38 bits per heavy atom. The summed E-state index contributed by atoms with van der Waals surface area (Å²) >= 11 is 6.31. The molecule has 1 atom stereocenters. The molecule has 0 bridgehead atoms. The number of carbonyl (C=O) groups excluding carboxylic acids is 2. The second-order valence-corrected chi connectivity index (χ2v) is 5.58. The molecule has 0 radical (unpaired) electrons. The Morgan fingerprint density at radius 3 is 2.67 bits per heavy atom. The first-order valence-electron chi connectivity index (χ1n) is 7.41. The molecule has 0 aliphatic heterocycles. The van der Waals surface area contributed by atoms with Crippen molar-refractivity contribution in [3.05, 3.63) is 52.7 Å². The van der Waals surface area contributed by atoms with Gasteiger partial charge < -0.3 is 9.47 Å². The number of para-hydroxylation sites is 1. The van der Waals surface area contributed by atoms with Crippen molar-refractivity contribution < 1.29 is 19.1 Å². The molecule has 24 heavy (non-hydrogen) atoms. The van der Waals surface area contributed by atoms with Crippen LogP contribution in [0.1, 0.15) is 31.1 Å². The third kappa shape index (κ3) is 3.57. The van der Waals surface area contributed by atoms with Crippen molar-refractivity contribution in [3.8, 4) is 0 Å². The van der Waals surface area contributed by atoms with E-state index >= 15 is 0 Å². The highest BCUT2D eigenvalue weighted by Crippen LogP contribution is 2.33. The van der Waals surface area contributed by atoms with Crippen molar-refractivity contribution in [2.24, 2.45) is 0 Å². The minimum atomic E-state index is -1.05. The van der Waals surface area contributed by atoms with Gasteiger partial charge in [-0.25, -0.2) is 9.78 Å². The summed E-state index contributed by atoms with van der Waals surface area (Å²) in [5.74, 6) is -1.25. The zero-order valence-electron chi connectivity index (χ0n) is 13.8. The first kappa shape index (κ1) is 17.9. The number of esters is 2. The van der Waals surface area contributed by atoms with E-state index in [4.69, 9.17) is 16.3 Å². The second kappa shape index (κ2) is 7.45. The van der Waals surface area contributed by atoms with Gasteiger partial charge in [-0.3, -0.25) is 4.79 Å². The molecule has 1 aromatic carbocycles. The van der Waals surface area contributed by atoms with Crippen LogP contribution < -0.4 is 0 Å². The smallest absolute Gasteiger partial charge is 0.337 e. The molecule has 0 fully saturated rings. The number of aryl methyl sites for hydroxylation is 1. The molecule has 6 heteroatoms. The normalized spacial score (nSPS) is 11.8. The quantitative estimate of drug-likeness (QED) is 0.468. The third-order valence-electron chi connectivity index (χ3n) is 3.62. The van der Waals surface area contributed by atoms with Crippen LogP contribution in [-0.4, -0.2) is 24.0 Å². The minimum Gasteiger partial charge on any atom is -0.466 e. The average Bonchev–Trinajstić information content (AvgIpc) is 2.57. The Balaban J connectivity index is 2.61. The molecule has 0 N–H and O–H groups in total. The molecule has 0 aliphatic carbocycles. The highest BCUT2D eigenvalue weighted by molar-refractivity contribution is 6.30. The molecule has 1 unspecified atom stereocenters. The number of hydrogen-bond donors (Lipinski definition) is 0. The average molecular weight is 348 g/mol. The molecule has 5 nitrogen and oxygen atoms in total. The van der Waals surface area contributed by atoms with Gasteiger partial charge in [-0.05, 0) is 18.1 Å². The van der Waals surface area contributed by atoms with Crippen LogP contribution in [0, 0.1) is 0 Å². The fourth-order valence-electron chi connectivity index (χ4n) is 2.45. The largest absolute Gasteiger partial charge is 0.466 e. The van der Waals surface area contributed by atoms with Crippen LogP contribution in [0.5, 0.6) is 0 Å². The topological polar surface area (TPSA) is 65.5 Å². The lowest BCUT2D eigenvalue weighted by atomic mass is 10.0. The van der Waals surface area contributed by atoms with Crippen molar-refractivity contribution in [3.63, 3.8) is 0 Å². The summed E-state index contributed by atoms with van der Waals surface area (Å²) in [6.45, 7) is 6.94. The summed E-state index contributed by atoms with van der Waals surface area (Å²) in [5.41, 5.74) is 2.20. The van der Waals surface area contributed by atoms with Gasteiger partial charge in [0, 0.05) is 17.9 Å². The van der Waals surface area contributed by atoms with Crippen molar-refractivity contribution >= 4 is 34.4 Å². The fraction of sp³-hybridized carbons (Fsp3) is 0.278. The van der Waals surface area contributed by atoms with Gasteiger partial charge in [-0.1, -0.05) is 43.3 Å². The lowest BCUT2D eigenvalue weighted by Crippen LogP contribution is -2.18. The lowest BCUT2D eigenvalue weighted by Gasteiger charge is -2.20. The number of hydrogen-bond acceptors (Lipinski definition) is 5. The van der Waals surface area contributed by atoms with E-state index in [0.29, 0.717) is 5.56 Å². The number of pyridine rings is 1. The van der Waals surface area contributed by atoms with Gasteiger partial charge in [-0.2, -0.15) is 0 Å². The number of benzene rings is 1. The fourth-order valence-corrected chi connectivity index (χ4v) is 2.69. The number of aromatic nitrogens is 1. The number of halogens is 1. The number of carbonyl (C=O) groups is 2. The lowest BCUT2D eigenvalue weighted by molar-refractivity contribution is -0.147. The SMILES string of the molecule is C=C(C(=O)OC)C(OC(C)=O)c1cc2cccc(CC)c2nc1Cl. The van der Waals surface area contributed by atoms with Crippen LogP contribution in [0.2, 0.25) is 5.15 Å². The molecular formula is C18H18ClNO4. The van der Waals surface area contributed by atoms with Gasteiger partial charge in [0.2, 0.25) is 0 Å². The van der Waals surface area contributed by atoms with E-state index in [1.165, 1.54) is 14.0 Å². The molecule has 1 aromatic heterocycles. The van der Waals surface area contributed by atoms with Gasteiger partial charge in [0.25, 0.3) is 0 Å². The Kier molecular flexibility index (Phi) is 5.57. The molecule has 1 heterocycles. The molecular weight excluding hydrogens is 330 g/mol. The Hall–Kier alpha value is -2.40. The summed E-state index contributed by atoms with van der Waals surface area (Å²) in [6.07, 6.45) is -0.243. The second-order valence-electron chi connectivity index (χ2n) is 5.22. The minimum absolute atomic E-state index is 0.0256. The molecule has 2 rings (SSSR count). The summed E-state index contributed by atoms with van der Waals surface area (Å²) in [5, 5.41) is 0.989. The maximum Gasteiger partial charge on any atom is 0.337 e. The van der Waals surface area contributed by atoms with Gasteiger partial charge in [0.05, 0.1) is 18.2 Å². The maximum atomic E-state index is 11.8. The highest BCUT2D eigenvalue weighted by atomic mass is 35.5. The van der Waals surface area contributed by atoms with Gasteiger partial charge in [0.15, 0.2) is 6.10 Å². The summed E-state index contributed by atoms with van der Waals surface area (Å²) < 4.78 is 9.91. The maximum absolute atomic E-state index is 11.8. The van der Waals surface area contributed by atoms with E-state index in [2.05, 4.69) is 16.3 Å². The van der Waals surface area contributed by atoms with Gasteiger partial charge >= 0.3 is 11.9 Å². The predicted molar refractivity (Wildman–Crippen MR) is 91.8 cm³/mol. The van der Waals surface area contributed by atoms with Crippen molar-refractivity contribution in [2.45, 2.75) is 26.4 Å². The van der Waals surface area contributed by atoms with E-state index in [0.717, 1.165) is 22.9 Å². The van der Waals surface area contributed by atoms with E-state index in [1.54, 1.807) is 6.07 Å². The first-order chi connectivity index (χ1) is 11.4. The van der Waals surface area contributed by atoms with E-state index < -0.39 is 18.0 Å². The van der Waals surface area contributed by atoms with Crippen molar-refractivity contribution in [1.29, 1.82) is 0 Å². The number of methoxy groups -OCH3 is 1. The molecule has 0 saturated heterocycles. The highest BCUT2D eigenvalue weighted by Gasteiger charge is 2.27. The molecule has 126 valence electrons. The molecule has 2 aromatic rings. The third-order valence-corrected chi connectivity index (χ3v) is 3.92. The van der Waals surface area contributed by atoms with Crippen LogP contribution in [0.15, 0.2) is 36.4 Å². The zero-order valence-corrected chi connectivity index (χ0v) is 14.5. The van der Waals surface area contributed by atoms with Crippen LogP contribution in [0.3, 0.4) is 0 Å². The summed E-state index contributed by atoms with van der Waals surface area (Å²) in [4.78, 5) is 27.7. The summed E-state index contributed by atoms with van der Waals surface area (Å²) in [6, 6.07) is 7.53. The summed E-state index contributed by atoms with van der Waals surface area (Å²) in [7, 11) is 1.23. The zero-order chi connectivity index (χ0) is 17.9. The van der Waals surface area contributed by atoms with Crippen LogP contribution in [-0.2, 0) is 25.5 Å². The van der Waals surface area contributed by atoms with Gasteiger partial charge in [0.1, 0.15) is 5.15 Å². The number of nitrogens with zero attached hydrogens (tertiary/aromatic N) is 1. The standard InChI is InChI=1S/C18H18ClNO4/c1-5-12-7-6-8-13-9-14(17(19)20-15(12)13)16(24-11(3)21)10(2)18(22)23-4/h6-9,16H,2,5H2,1,3-4H3. The van der Waals surface area contributed by atoms with E-state index in [1.807, 2.05) is 25.1 Å². The van der Waals surface area contributed by atoms with Crippen LogP contribution >= 0.6 is 11.6 Å². The van der Waals surface area contributed by atoms with E-state index in [-0.39, 0.29) is 10.7 Å². The number of ether oxygens (including phenoxy) is 2. The monoisotopic (exact) mass is 347 g/mol. The molecule has 0 amide bonds. The molecule has 0 aliphatic rings. The van der Waals surface area contributed by atoms with Gasteiger partial charge in [-0.15, -0.1) is 0 Å². The first-order valence-corrected chi connectivity index (χ1v) is 7.79. The van der Waals surface area contributed by atoms with Crippen molar-refractivity contribution in [1.82, 2.24) is 4.98 Å². The number of fused-ring (bicyclic) bond motifs is 1. The predicted octanol–water partition coefficient (Wildman–Crippen LogP) is 3.78. The van der Waals surface area contributed by atoms with E-state index in [9.17, 15) is 9.59 Å².